The van der Waals surface area contributed by atoms with Crippen LogP contribution in [0.3, 0.4) is 0 Å². The number of alkyl halides is 3. The third-order valence-electron chi connectivity index (χ3n) is 2.78. The molecular formula is C14H8F3N3O4S. The number of hydrogen-bond donors (Lipinski definition) is 1. The number of Topliss-reactive ketones (excluding diaryl/α,β-unsaturated/α-hetero) is 1. The first kappa shape index (κ1) is 18.3. The van der Waals surface area contributed by atoms with Crippen molar-refractivity contribution < 1.29 is 28.0 Å². The van der Waals surface area contributed by atoms with Crippen molar-refractivity contribution in [3.8, 4) is 0 Å². The first-order chi connectivity index (χ1) is 11.7. The van der Waals surface area contributed by atoms with E-state index in [1.165, 1.54) is 17.5 Å². The summed E-state index contributed by atoms with van der Waals surface area (Å²) in [4.78, 5) is 21.4. The van der Waals surface area contributed by atoms with Crippen molar-refractivity contribution in [2.45, 2.75) is 6.18 Å². The molecule has 1 heterocycles. The number of hydrogen-bond acceptors (Lipinski definition) is 7. The number of rotatable bonds is 5. The molecule has 1 N–H and O–H groups in total. The van der Waals surface area contributed by atoms with Crippen LogP contribution in [0.5, 0.6) is 0 Å². The van der Waals surface area contributed by atoms with E-state index in [0.29, 0.717) is 0 Å². The van der Waals surface area contributed by atoms with Crippen LogP contribution in [0.25, 0.3) is 5.76 Å². The number of non-ortho nitro benzene ring substituents is 1. The molecule has 0 spiro atoms. The maximum atomic E-state index is 12.7. The highest BCUT2D eigenvalue weighted by atomic mass is 32.1. The van der Waals surface area contributed by atoms with Crippen molar-refractivity contribution in [2.75, 3.05) is 0 Å². The van der Waals surface area contributed by atoms with Gasteiger partial charge in [-0.05, 0) is 23.6 Å². The number of carbonyl (C=O) groups excluding carboxylic acids is 1. The average molecular weight is 371 g/mol. The van der Waals surface area contributed by atoms with Gasteiger partial charge in [0.25, 0.3) is 11.5 Å². The first-order valence-electron chi connectivity index (χ1n) is 6.45. The Balaban J connectivity index is 2.41. The Kier molecular flexibility index (Phi) is 5.27. The number of aliphatic hydroxyl groups is 1. The summed E-state index contributed by atoms with van der Waals surface area (Å²) in [6.45, 7) is 0. The molecule has 1 aromatic heterocycles. The van der Waals surface area contributed by atoms with Crippen LogP contribution < -0.4 is 0 Å². The molecule has 0 unspecified atom stereocenters. The molecule has 0 saturated heterocycles. The second-order valence-electron chi connectivity index (χ2n) is 4.47. The van der Waals surface area contributed by atoms with E-state index in [0.717, 1.165) is 35.6 Å². The lowest BCUT2D eigenvalue weighted by Crippen LogP contribution is -2.24. The maximum absolute atomic E-state index is 12.7. The number of azo groups is 1. The standard InChI is InChI=1S/C14H8F3N3O4S/c15-14(16,17)13(22)11(12(21)10-2-1-7-25-10)19-18-8-3-5-9(6-4-8)20(23)24/h1-7,21H/b12-11-,19-18?. The summed E-state index contributed by atoms with van der Waals surface area (Å²) in [5.74, 6) is -3.31. The first-order valence-corrected chi connectivity index (χ1v) is 7.33. The van der Waals surface area contributed by atoms with Gasteiger partial charge >= 0.3 is 6.18 Å². The predicted molar refractivity (Wildman–Crippen MR) is 82.5 cm³/mol. The summed E-state index contributed by atoms with van der Waals surface area (Å²) in [5.41, 5.74) is -1.55. The van der Waals surface area contributed by atoms with E-state index in [4.69, 9.17) is 0 Å². The molecule has 25 heavy (non-hydrogen) atoms. The van der Waals surface area contributed by atoms with Gasteiger partial charge in [-0.3, -0.25) is 14.9 Å². The minimum atomic E-state index is -5.25. The van der Waals surface area contributed by atoms with Crippen molar-refractivity contribution in [1.29, 1.82) is 0 Å². The Morgan fingerprint density at radius 1 is 1.20 bits per heavy atom. The molecule has 0 atom stereocenters. The molecule has 0 bridgehead atoms. The summed E-state index contributed by atoms with van der Waals surface area (Å²) in [5, 5.41) is 28.6. The van der Waals surface area contributed by atoms with E-state index in [9.17, 15) is 33.2 Å². The Hall–Kier alpha value is -3.08. The zero-order chi connectivity index (χ0) is 18.6. The second-order valence-corrected chi connectivity index (χ2v) is 5.42. The number of nitrogens with zero attached hydrogens (tertiary/aromatic N) is 3. The quantitative estimate of drug-likeness (QED) is 0.268. The lowest BCUT2D eigenvalue weighted by Gasteiger charge is -2.06. The van der Waals surface area contributed by atoms with Gasteiger partial charge in [0.1, 0.15) is 0 Å². The zero-order valence-electron chi connectivity index (χ0n) is 12.1. The molecule has 0 radical (unpaired) electrons. The average Bonchev–Trinajstić information content (AvgIpc) is 3.08. The largest absolute Gasteiger partial charge is 0.504 e. The molecule has 2 rings (SSSR count). The summed E-state index contributed by atoms with van der Waals surface area (Å²) < 4.78 is 38.1. The SMILES string of the molecule is O=C(/C(N=Nc1ccc([N+](=O)[O-])cc1)=C(/O)c1cccs1)C(F)(F)F. The monoisotopic (exact) mass is 371 g/mol. The Morgan fingerprint density at radius 3 is 2.32 bits per heavy atom. The van der Waals surface area contributed by atoms with E-state index in [-0.39, 0.29) is 16.3 Å². The number of carbonyl (C=O) groups is 1. The van der Waals surface area contributed by atoms with E-state index in [1.807, 2.05) is 0 Å². The van der Waals surface area contributed by atoms with Gasteiger partial charge in [-0.2, -0.15) is 18.3 Å². The van der Waals surface area contributed by atoms with Crippen LogP contribution in [0.4, 0.5) is 24.5 Å². The molecular weight excluding hydrogens is 363 g/mol. The summed E-state index contributed by atoms with van der Waals surface area (Å²) in [6.07, 6.45) is -5.25. The van der Waals surface area contributed by atoms with E-state index in [2.05, 4.69) is 10.2 Å². The van der Waals surface area contributed by atoms with E-state index in [1.54, 1.807) is 0 Å². The van der Waals surface area contributed by atoms with Crippen LogP contribution in [0.2, 0.25) is 0 Å². The molecule has 2 aromatic rings. The molecule has 0 aliphatic rings. The number of thiophene rings is 1. The lowest BCUT2D eigenvalue weighted by molar-refractivity contribution is -0.384. The Bertz CT molecular complexity index is 843. The molecule has 0 amide bonds. The van der Waals surface area contributed by atoms with Gasteiger partial charge in [0, 0.05) is 12.1 Å². The van der Waals surface area contributed by atoms with Gasteiger partial charge in [0.05, 0.1) is 15.5 Å². The molecule has 0 aliphatic carbocycles. The van der Waals surface area contributed by atoms with Crippen molar-refractivity contribution >= 4 is 34.3 Å². The predicted octanol–water partition coefficient (Wildman–Crippen LogP) is 4.80. The van der Waals surface area contributed by atoms with Gasteiger partial charge in [-0.25, -0.2) is 0 Å². The van der Waals surface area contributed by atoms with Gasteiger partial charge < -0.3 is 5.11 Å². The second kappa shape index (κ2) is 7.21. The fourth-order valence-corrected chi connectivity index (χ4v) is 2.28. The maximum Gasteiger partial charge on any atom is 0.456 e. The number of aliphatic hydroxyl groups excluding tert-OH is 1. The third-order valence-corrected chi connectivity index (χ3v) is 3.65. The van der Waals surface area contributed by atoms with E-state index >= 15 is 0 Å². The topological polar surface area (TPSA) is 105 Å². The van der Waals surface area contributed by atoms with Crippen LogP contribution in [-0.4, -0.2) is 22.0 Å². The van der Waals surface area contributed by atoms with Crippen molar-refractivity contribution in [1.82, 2.24) is 0 Å². The summed E-state index contributed by atoms with van der Waals surface area (Å²) in [7, 11) is 0. The number of halogens is 3. The van der Waals surface area contributed by atoms with E-state index < -0.39 is 28.3 Å². The number of allylic oxidation sites excluding steroid dienone is 1. The molecule has 11 heteroatoms. The van der Waals surface area contributed by atoms with Gasteiger partial charge in [0.2, 0.25) is 0 Å². The number of nitro groups is 1. The van der Waals surface area contributed by atoms with Gasteiger partial charge in [-0.1, -0.05) is 6.07 Å². The lowest BCUT2D eigenvalue weighted by atomic mass is 10.2. The molecule has 1 aromatic carbocycles. The van der Waals surface area contributed by atoms with Crippen LogP contribution in [0.15, 0.2) is 57.7 Å². The minimum Gasteiger partial charge on any atom is -0.504 e. The molecule has 7 nitrogen and oxygen atoms in total. The van der Waals surface area contributed by atoms with Crippen LogP contribution in [0.1, 0.15) is 4.88 Å². The van der Waals surface area contributed by atoms with Crippen molar-refractivity contribution in [3.05, 3.63) is 62.5 Å². The van der Waals surface area contributed by atoms with Crippen molar-refractivity contribution in [2.24, 2.45) is 10.2 Å². The van der Waals surface area contributed by atoms with Gasteiger partial charge in [0.15, 0.2) is 11.5 Å². The Morgan fingerprint density at radius 2 is 1.84 bits per heavy atom. The fourth-order valence-electron chi connectivity index (χ4n) is 1.61. The molecule has 0 fully saturated rings. The number of benzene rings is 1. The zero-order valence-corrected chi connectivity index (χ0v) is 12.9. The highest BCUT2D eigenvalue weighted by Crippen LogP contribution is 2.29. The van der Waals surface area contributed by atoms with Crippen molar-refractivity contribution in [3.63, 3.8) is 0 Å². The smallest absolute Gasteiger partial charge is 0.456 e. The molecule has 0 aliphatic heterocycles. The normalized spacial score (nSPS) is 12.9. The number of nitro benzene ring substituents is 1. The molecule has 130 valence electrons. The summed E-state index contributed by atoms with van der Waals surface area (Å²) >= 11 is 0.910. The van der Waals surface area contributed by atoms with Crippen LogP contribution >= 0.6 is 11.3 Å². The third kappa shape index (κ3) is 4.47. The minimum absolute atomic E-state index is 0.00949. The van der Waals surface area contributed by atoms with Crippen LogP contribution in [0, 0.1) is 10.1 Å². The summed E-state index contributed by atoms with van der Waals surface area (Å²) in [6, 6.07) is 7.20. The fraction of sp³-hybridized carbons (Fsp3) is 0.0714. The van der Waals surface area contributed by atoms with Crippen LogP contribution in [-0.2, 0) is 4.79 Å². The number of ketones is 1. The Labute approximate surface area is 141 Å². The highest BCUT2D eigenvalue weighted by Gasteiger charge is 2.43. The highest BCUT2D eigenvalue weighted by molar-refractivity contribution is 7.11. The van der Waals surface area contributed by atoms with Gasteiger partial charge in [-0.15, -0.1) is 16.5 Å². The molecule has 0 saturated carbocycles.